The molecule has 0 saturated heterocycles. The van der Waals surface area contributed by atoms with Crippen molar-refractivity contribution in [2.75, 3.05) is 18.4 Å². The summed E-state index contributed by atoms with van der Waals surface area (Å²) in [5.41, 5.74) is 0.832. The van der Waals surface area contributed by atoms with Gasteiger partial charge < -0.3 is 14.2 Å². The average Bonchev–Trinajstić information content (AvgIpc) is 3.17. The van der Waals surface area contributed by atoms with Gasteiger partial charge >= 0.3 is 12.0 Å². The molecule has 8 heteroatoms. The molecule has 0 spiro atoms. The van der Waals surface area contributed by atoms with Gasteiger partial charge in [-0.25, -0.2) is 4.79 Å². The third-order valence-corrected chi connectivity index (χ3v) is 2.73. The fourth-order valence-electron chi connectivity index (χ4n) is 1.76. The molecule has 0 aromatic carbocycles. The number of dihydropyridines is 1. The van der Waals surface area contributed by atoms with E-state index < -0.39 is 6.03 Å². The molecule has 0 radical (unpaired) electrons. The maximum absolute atomic E-state index is 11.7. The quantitative estimate of drug-likeness (QED) is 0.892. The van der Waals surface area contributed by atoms with Gasteiger partial charge in [0.1, 0.15) is 0 Å². The molecule has 108 valence electrons. The first kappa shape index (κ1) is 13.1. The number of furan rings is 1. The summed E-state index contributed by atoms with van der Waals surface area (Å²) in [7, 11) is 0. The Balaban J connectivity index is 1.53. The summed E-state index contributed by atoms with van der Waals surface area (Å²) in [6.45, 7) is 1.10. The van der Waals surface area contributed by atoms with Gasteiger partial charge in [0, 0.05) is 6.54 Å². The molecule has 0 atom stereocenters. The van der Waals surface area contributed by atoms with Crippen molar-refractivity contribution in [3.63, 3.8) is 0 Å². The summed E-state index contributed by atoms with van der Waals surface area (Å²) < 4.78 is 10.4. The normalized spacial score (nSPS) is 13.8. The van der Waals surface area contributed by atoms with E-state index in [9.17, 15) is 4.79 Å². The van der Waals surface area contributed by atoms with Gasteiger partial charge in [-0.2, -0.15) is 0 Å². The fourth-order valence-corrected chi connectivity index (χ4v) is 1.76. The van der Waals surface area contributed by atoms with Crippen LogP contribution in [0.2, 0.25) is 0 Å². The summed E-state index contributed by atoms with van der Waals surface area (Å²) in [5.74, 6) is 0.646. The van der Waals surface area contributed by atoms with Crippen LogP contribution in [0.4, 0.5) is 10.8 Å². The number of nitrogens with zero attached hydrogens (tertiary/aromatic N) is 3. The summed E-state index contributed by atoms with van der Waals surface area (Å²) in [6.07, 6.45) is 6.35. The third-order valence-electron chi connectivity index (χ3n) is 2.73. The number of amides is 2. The van der Waals surface area contributed by atoms with E-state index in [-0.39, 0.29) is 11.9 Å². The van der Waals surface area contributed by atoms with Gasteiger partial charge in [-0.05, 0) is 24.6 Å². The minimum Gasteiger partial charge on any atom is -0.459 e. The van der Waals surface area contributed by atoms with Crippen LogP contribution >= 0.6 is 0 Å². The van der Waals surface area contributed by atoms with Crippen LogP contribution in [-0.2, 0) is 0 Å². The predicted molar refractivity (Wildman–Crippen MR) is 75.1 cm³/mol. The molecule has 0 unspecified atom stereocenters. The Morgan fingerprint density at radius 3 is 3.10 bits per heavy atom. The minimum absolute atomic E-state index is 0.0000232. The number of carbonyl (C=O) groups excluding carboxylic acids is 1. The molecule has 0 aliphatic carbocycles. The van der Waals surface area contributed by atoms with Crippen LogP contribution in [0.15, 0.2) is 44.4 Å². The van der Waals surface area contributed by atoms with Gasteiger partial charge in [0.25, 0.3) is 5.89 Å². The molecule has 1 aliphatic heterocycles. The van der Waals surface area contributed by atoms with Crippen LogP contribution in [0.25, 0.3) is 11.7 Å². The molecule has 1 aliphatic rings. The van der Waals surface area contributed by atoms with Crippen LogP contribution in [0.3, 0.4) is 0 Å². The topological polar surface area (TPSA) is 106 Å². The lowest BCUT2D eigenvalue weighted by Crippen LogP contribution is -2.33. The van der Waals surface area contributed by atoms with E-state index in [1.807, 2.05) is 12.2 Å². The highest BCUT2D eigenvalue weighted by atomic mass is 16.4. The molecule has 0 saturated carbocycles. The Hall–Kier alpha value is -2.90. The highest BCUT2D eigenvalue weighted by Crippen LogP contribution is 2.19. The van der Waals surface area contributed by atoms with Crippen molar-refractivity contribution >= 4 is 17.8 Å². The lowest BCUT2D eigenvalue weighted by atomic mass is 10.2. The second-order valence-electron chi connectivity index (χ2n) is 4.26. The van der Waals surface area contributed by atoms with Crippen LogP contribution in [0.5, 0.6) is 0 Å². The molecule has 3 heterocycles. The number of hydrogen-bond acceptors (Lipinski definition) is 6. The minimum atomic E-state index is -0.439. The highest BCUT2D eigenvalue weighted by Gasteiger charge is 2.13. The molecule has 2 N–H and O–H groups in total. The molecule has 3 rings (SSSR count). The first-order valence-electron chi connectivity index (χ1n) is 6.43. The van der Waals surface area contributed by atoms with Crippen molar-refractivity contribution in [2.45, 2.75) is 6.42 Å². The molecule has 0 fully saturated rings. The Morgan fingerprint density at radius 1 is 1.38 bits per heavy atom. The number of urea groups is 1. The van der Waals surface area contributed by atoms with E-state index in [1.165, 1.54) is 6.26 Å². The largest absolute Gasteiger partial charge is 0.459 e. The first-order valence-corrected chi connectivity index (χ1v) is 6.43. The lowest BCUT2D eigenvalue weighted by molar-refractivity contribution is 0.252. The van der Waals surface area contributed by atoms with E-state index in [1.54, 1.807) is 12.1 Å². The SMILES string of the molecule is O=C(NCC1=NCCC=C1)Nc1nnc(-c2ccco2)o1. The van der Waals surface area contributed by atoms with Crippen molar-refractivity contribution in [1.82, 2.24) is 15.5 Å². The number of hydrogen-bond donors (Lipinski definition) is 2. The monoisotopic (exact) mass is 287 g/mol. The molecule has 2 aromatic rings. The maximum atomic E-state index is 11.7. The standard InChI is InChI=1S/C13H13N5O3/c19-12(15-8-9-4-1-2-6-14-9)16-13-18-17-11(21-13)10-5-3-7-20-10/h1,3-5,7H,2,6,8H2,(H2,15,16,18,19). The van der Waals surface area contributed by atoms with Crippen LogP contribution in [0.1, 0.15) is 6.42 Å². The lowest BCUT2D eigenvalue weighted by Gasteiger charge is -2.07. The predicted octanol–water partition coefficient (Wildman–Crippen LogP) is 1.85. The van der Waals surface area contributed by atoms with Crippen molar-refractivity contribution in [2.24, 2.45) is 4.99 Å². The Morgan fingerprint density at radius 2 is 2.33 bits per heavy atom. The van der Waals surface area contributed by atoms with Crippen LogP contribution in [-0.4, -0.2) is 35.0 Å². The van der Waals surface area contributed by atoms with Crippen LogP contribution in [0, 0.1) is 0 Å². The van der Waals surface area contributed by atoms with E-state index in [4.69, 9.17) is 8.83 Å². The number of nitrogens with one attached hydrogen (secondary N) is 2. The van der Waals surface area contributed by atoms with Crippen LogP contribution < -0.4 is 10.6 Å². The number of aliphatic imine (C=N–C) groups is 1. The summed E-state index contributed by atoms with van der Waals surface area (Å²) in [6, 6.07) is 2.95. The molecule has 8 nitrogen and oxygen atoms in total. The average molecular weight is 287 g/mol. The zero-order valence-corrected chi connectivity index (χ0v) is 11.1. The molecule has 21 heavy (non-hydrogen) atoms. The fraction of sp³-hybridized carbons (Fsp3) is 0.231. The number of rotatable bonds is 4. The maximum Gasteiger partial charge on any atom is 0.324 e. The zero-order chi connectivity index (χ0) is 14.5. The molecule has 2 amide bonds. The van der Waals surface area contributed by atoms with Gasteiger partial charge in [0.15, 0.2) is 5.76 Å². The summed E-state index contributed by atoms with van der Waals surface area (Å²) >= 11 is 0. The van der Waals surface area contributed by atoms with E-state index in [0.29, 0.717) is 12.3 Å². The van der Waals surface area contributed by atoms with Crippen molar-refractivity contribution in [1.29, 1.82) is 0 Å². The smallest absolute Gasteiger partial charge is 0.324 e. The van der Waals surface area contributed by atoms with E-state index >= 15 is 0 Å². The van der Waals surface area contributed by atoms with Crippen molar-refractivity contribution < 1.29 is 13.6 Å². The zero-order valence-electron chi connectivity index (χ0n) is 11.1. The van der Waals surface area contributed by atoms with Gasteiger partial charge in [-0.1, -0.05) is 11.2 Å². The van der Waals surface area contributed by atoms with Crippen molar-refractivity contribution in [3.8, 4) is 11.7 Å². The summed E-state index contributed by atoms with van der Waals surface area (Å²) in [4.78, 5) is 16.0. The third kappa shape index (κ3) is 3.35. The number of carbonyl (C=O) groups is 1. The molecule has 0 bridgehead atoms. The number of anilines is 1. The van der Waals surface area contributed by atoms with Crippen molar-refractivity contribution in [3.05, 3.63) is 30.5 Å². The number of aromatic nitrogens is 2. The second kappa shape index (κ2) is 6.04. The van der Waals surface area contributed by atoms with E-state index in [0.717, 1.165) is 18.7 Å². The molecular weight excluding hydrogens is 274 g/mol. The molecular formula is C13H13N5O3. The van der Waals surface area contributed by atoms with Gasteiger partial charge in [-0.3, -0.25) is 10.3 Å². The van der Waals surface area contributed by atoms with E-state index in [2.05, 4.69) is 25.8 Å². The van der Waals surface area contributed by atoms with Gasteiger partial charge in [0.2, 0.25) is 0 Å². The Bertz CT molecular complexity index is 672. The van der Waals surface area contributed by atoms with Gasteiger partial charge in [0.05, 0.1) is 18.5 Å². The molecule has 2 aromatic heterocycles. The second-order valence-corrected chi connectivity index (χ2v) is 4.26. The Kier molecular flexibility index (Phi) is 3.77. The first-order chi connectivity index (χ1) is 10.3. The van der Waals surface area contributed by atoms with Gasteiger partial charge in [-0.15, -0.1) is 5.10 Å². The summed E-state index contributed by atoms with van der Waals surface area (Å²) in [5, 5.41) is 12.6. The Labute approximate surface area is 120 Å². The highest BCUT2D eigenvalue weighted by molar-refractivity contribution is 6.00.